The highest BCUT2D eigenvalue weighted by molar-refractivity contribution is 6.03. The molecule has 1 aliphatic heterocycles. The first-order valence-corrected chi connectivity index (χ1v) is 8.45. The van der Waals surface area contributed by atoms with E-state index in [0.717, 1.165) is 17.0 Å². The van der Waals surface area contributed by atoms with Crippen LogP contribution in [-0.4, -0.2) is 11.5 Å². The summed E-state index contributed by atoms with van der Waals surface area (Å²) in [5, 5.41) is 0. The Bertz CT molecular complexity index is 766. The number of nitrogen functional groups attached to an aromatic ring is 1. The van der Waals surface area contributed by atoms with E-state index < -0.39 is 5.60 Å². The van der Waals surface area contributed by atoms with Crippen LogP contribution >= 0.6 is 0 Å². The quantitative estimate of drug-likeness (QED) is 0.863. The van der Waals surface area contributed by atoms with Crippen molar-refractivity contribution in [1.82, 2.24) is 0 Å². The van der Waals surface area contributed by atoms with Crippen LogP contribution in [0.3, 0.4) is 0 Å². The molecule has 24 heavy (non-hydrogen) atoms. The van der Waals surface area contributed by atoms with E-state index in [0.29, 0.717) is 25.1 Å². The number of nitrogens with zero attached hydrogens (tertiary/aromatic N) is 1. The van der Waals surface area contributed by atoms with E-state index >= 15 is 0 Å². The first-order chi connectivity index (χ1) is 11.5. The lowest BCUT2D eigenvalue weighted by Crippen LogP contribution is -2.55. The molecule has 0 atom stereocenters. The van der Waals surface area contributed by atoms with Gasteiger partial charge in [-0.25, -0.2) is 0 Å². The topological polar surface area (TPSA) is 55.6 Å². The number of rotatable bonds is 4. The van der Waals surface area contributed by atoms with Crippen LogP contribution in [0.2, 0.25) is 0 Å². The van der Waals surface area contributed by atoms with Gasteiger partial charge in [-0.15, -0.1) is 0 Å². The summed E-state index contributed by atoms with van der Waals surface area (Å²) in [5.41, 5.74) is 8.82. The summed E-state index contributed by atoms with van der Waals surface area (Å²) in [4.78, 5) is 15.1. The van der Waals surface area contributed by atoms with Crippen LogP contribution in [0.25, 0.3) is 0 Å². The number of carbonyl (C=O) groups is 1. The maximum Gasteiger partial charge on any atom is 0.271 e. The second-order valence-electron chi connectivity index (χ2n) is 6.35. The molecule has 2 aromatic carbocycles. The molecule has 2 N–H and O–H groups in total. The highest BCUT2D eigenvalue weighted by Gasteiger charge is 2.45. The minimum Gasteiger partial charge on any atom is -0.475 e. The number of ether oxygens (including phenoxy) is 1. The monoisotopic (exact) mass is 324 g/mol. The van der Waals surface area contributed by atoms with Crippen molar-refractivity contribution in [3.8, 4) is 5.75 Å². The molecule has 0 aliphatic carbocycles. The first-order valence-electron chi connectivity index (χ1n) is 8.45. The Kier molecular flexibility index (Phi) is 4.22. The Morgan fingerprint density at radius 3 is 2.50 bits per heavy atom. The van der Waals surface area contributed by atoms with Crippen LogP contribution in [0, 0.1) is 6.92 Å². The van der Waals surface area contributed by atoms with E-state index in [2.05, 4.69) is 19.1 Å². The van der Waals surface area contributed by atoms with Gasteiger partial charge in [0, 0.05) is 5.69 Å². The van der Waals surface area contributed by atoms with Gasteiger partial charge in [-0.05, 0) is 49.1 Å². The van der Waals surface area contributed by atoms with Crippen LogP contribution in [0.5, 0.6) is 5.75 Å². The minimum atomic E-state index is -0.800. The Morgan fingerprint density at radius 2 is 1.83 bits per heavy atom. The zero-order valence-electron chi connectivity index (χ0n) is 14.5. The molecule has 0 radical (unpaired) electrons. The molecule has 3 rings (SSSR count). The lowest BCUT2D eigenvalue weighted by Gasteiger charge is -2.42. The van der Waals surface area contributed by atoms with Crippen LogP contribution in [0.1, 0.15) is 37.8 Å². The van der Waals surface area contributed by atoms with Crippen LogP contribution in [0.4, 0.5) is 11.4 Å². The fourth-order valence-electron chi connectivity index (χ4n) is 3.25. The molecule has 1 amide bonds. The van der Waals surface area contributed by atoms with E-state index in [1.807, 2.05) is 49.1 Å². The van der Waals surface area contributed by atoms with Gasteiger partial charge < -0.3 is 15.4 Å². The fourth-order valence-corrected chi connectivity index (χ4v) is 3.25. The molecule has 2 aromatic rings. The summed E-state index contributed by atoms with van der Waals surface area (Å²) >= 11 is 0. The number of carbonyl (C=O) groups excluding carboxylic acids is 1. The number of amides is 1. The molecule has 0 bridgehead atoms. The SMILES string of the molecule is CCC1(CC)Oc2ccc(N)cc2N(Cc2ccccc2C)C1=O. The number of hydrogen-bond acceptors (Lipinski definition) is 3. The van der Waals surface area contributed by atoms with E-state index in [-0.39, 0.29) is 5.91 Å². The van der Waals surface area contributed by atoms with Gasteiger partial charge in [0.25, 0.3) is 5.91 Å². The average Bonchev–Trinajstić information content (AvgIpc) is 2.59. The van der Waals surface area contributed by atoms with Gasteiger partial charge in [-0.2, -0.15) is 0 Å². The summed E-state index contributed by atoms with van der Waals surface area (Å²) in [6.45, 7) is 6.58. The van der Waals surface area contributed by atoms with Crippen molar-refractivity contribution in [2.45, 2.75) is 45.8 Å². The molecule has 0 unspecified atom stereocenters. The molecular formula is C20H24N2O2. The normalized spacial score (nSPS) is 15.8. The van der Waals surface area contributed by atoms with Gasteiger partial charge in [0.15, 0.2) is 5.60 Å². The fraction of sp³-hybridized carbons (Fsp3) is 0.350. The summed E-state index contributed by atoms with van der Waals surface area (Å²) < 4.78 is 6.14. The third-order valence-electron chi connectivity index (χ3n) is 4.95. The maximum atomic E-state index is 13.3. The molecule has 126 valence electrons. The highest BCUT2D eigenvalue weighted by Crippen LogP contribution is 2.42. The molecular weight excluding hydrogens is 300 g/mol. The Morgan fingerprint density at radius 1 is 1.12 bits per heavy atom. The maximum absolute atomic E-state index is 13.3. The van der Waals surface area contributed by atoms with Gasteiger partial charge in [-0.1, -0.05) is 38.1 Å². The van der Waals surface area contributed by atoms with Crippen LogP contribution in [0.15, 0.2) is 42.5 Å². The lowest BCUT2D eigenvalue weighted by molar-refractivity contribution is -0.136. The average molecular weight is 324 g/mol. The molecule has 4 nitrogen and oxygen atoms in total. The number of benzene rings is 2. The number of fused-ring (bicyclic) bond motifs is 1. The molecule has 0 saturated heterocycles. The standard InChI is InChI=1S/C20H24N2O2/c1-4-20(5-2)19(23)22(13-15-9-7-6-8-14(15)3)17-12-16(21)10-11-18(17)24-20/h6-12H,4-5,13,21H2,1-3H3. The summed E-state index contributed by atoms with van der Waals surface area (Å²) in [5.74, 6) is 0.731. The van der Waals surface area contributed by atoms with Gasteiger partial charge in [0.05, 0.1) is 12.2 Å². The van der Waals surface area contributed by atoms with Gasteiger partial charge >= 0.3 is 0 Å². The van der Waals surface area contributed by atoms with Crippen molar-refractivity contribution in [2.75, 3.05) is 10.6 Å². The Hall–Kier alpha value is -2.49. The zero-order chi connectivity index (χ0) is 17.3. The third-order valence-corrected chi connectivity index (χ3v) is 4.95. The van der Waals surface area contributed by atoms with E-state index in [4.69, 9.17) is 10.5 Å². The lowest BCUT2D eigenvalue weighted by atomic mass is 9.92. The second kappa shape index (κ2) is 6.19. The first kappa shape index (κ1) is 16.4. The number of hydrogen-bond donors (Lipinski definition) is 1. The predicted octanol–water partition coefficient (Wildman–Crippen LogP) is 4.06. The Balaban J connectivity index is 2.10. The molecule has 1 aliphatic rings. The van der Waals surface area contributed by atoms with Crippen molar-refractivity contribution in [3.63, 3.8) is 0 Å². The zero-order valence-corrected chi connectivity index (χ0v) is 14.5. The second-order valence-corrected chi connectivity index (χ2v) is 6.35. The van der Waals surface area contributed by atoms with Crippen molar-refractivity contribution < 1.29 is 9.53 Å². The van der Waals surface area contributed by atoms with Crippen molar-refractivity contribution >= 4 is 17.3 Å². The van der Waals surface area contributed by atoms with Crippen molar-refractivity contribution in [2.24, 2.45) is 0 Å². The number of nitrogens with two attached hydrogens (primary N) is 1. The molecule has 0 aromatic heterocycles. The van der Waals surface area contributed by atoms with Crippen LogP contribution in [-0.2, 0) is 11.3 Å². The summed E-state index contributed by atoms with van der Waals surface area (Å²) in [6.07, 6.45) is 1.27. The van der Waals surface area contributed by atoms with Crippen molar-refractivity contribution in [3.05, 3.63) is 53.6 Å². The van der Waals surface area contributed by atoms with Crippen molar-refractivity contribution in [1.29, 1.82) is 0 Å². The van der Waals surface area contributed by atoms with E-state index in [9.17, 15) is 4.79 Å². The molecule has 0 spiro atoms. The summed E-state index contributed by atoms with van der Waals surface area (Å²) in [7, 11) is 0. The predicted molar refractivity (Wildman–Crippen MR) is 97.2 cm³/mol. The smallest absolute Gasteiger partial charge is 0.271 e. The molecule has 4 heteroatoms. The largest absolute Gasteiger partial charge is 0.475 e. The van der Waals surface area contributed by atoms with Gasteiger partial charge in [0.1, 0.15) is 5.75 Å². The van der Waals surface area contributed by atoms with Gasteiger partial charge in [-0.3, -0.25) is 4.79 Å². The Labute approximate surface area is 143 Å². The summed E-state index contributed by atoms with van der Waals surface area (Å²) in [6, 6.07) is 13.6. The number of anilines is 2. The third kappa shape index (κ3) is 2.62. The van der Waals surface area contributed by atoms with E-state index in [1.165, 1.54) is 5.56 Å². The minimum absolute atomic E-state index is 0.00820. The van der Waals surface area contributed by atoms with E-state index in [1.54, 1.807) is 0 Å². The molecule has 0 fully saturated rings. The molecule has 1 heterocycles. The molecule has 0 saturated carbocycles. The van der Waals surface area contributed by atoms with Crippen LogP contribution < -0.4 is 15.4 Å². The highest BCUT2D eigenvalue weighted by atomic mass is 16.5. The number of aryl methyl sites for hydroxylation is 1. The van der Waals surface area contributed by atoms with Gasteiger partial charge in [0.2, 0.25) is 0 Å².